The normalized spacial score (nSPS) is 9.90. The lowest BCUT2D eigenvalue weighted by Gasteiger charge is -2.07. The van der Waals surface area contributed by atoms with Crippen molar-refractivity contribution in [1.29, 1.82) is 0 Å². The summed E-state index contributed by atoms with van der Waals surface area (Å²) in [5, 5.41) is 19.0. The monoisotopic (exact) mass is 289 g/mol. The fourth-order valence-corrected chi connectivity index (χ4v) is 1.52. The molecule has 0 aliphatic rings. The van der Waals surface area contributed by atoms with Crippen molar-refractivity contribution in [2.75, 3.05) is 6.61 Å². The molecule has 0 atom stereocenters. The second kappa shape index (κ2) is 6.38. The molecule has 0 heterocycles. The van der Waals surface area contributed by atoms with E-state index in [0.29, 0.717) is 17.2 Å². The lowest BCUT2D eigenvalue weighted by molar-refractivity contribution is -0.384. The molecule has 0 bridgehead atoms. The highest BCUT2D eigenvalue weighted by molar-refractivity contribution is 5.68. The summed E-state index contributed by atoms with van der Waals surface area (Å²) in [5.41, 5.74) is -0.0141. The van der Waals surface area contributed by atoms with Crippen LogP contribution in [0.5, 0.6) is 17.2 Å². The van der Waals surface area contributed by atoms with Gasteiger partial charge in [0.1, 0.15) is 17.2 Å². The summed E-state index contributed by atoms with van der Waals surface area (Å²) in [6, 6.07) is 12.0. The van der Waals surface area contributed by atoms with Crippen LogP contribution in [0.4, 0.5) is 5.69 Å². The first-order valence-electron chi connectivity index (χ1n) is 5.91. The number of nitro benzene ring substituents is 1. The predicted molar refractivity (Wildman–Crippen MR) is 72.7 cm³/mol. The molecule has 0 spiro atoms. The molecule has 108 valence electrons. The van der Waals surface area contributed by atoms with Crippen molar-refractivity contribution in [2.24, 2.45) is 0 Å². The molecule has 7 nitrogen and oxygen atoms in total. The Morgan fingerprint density at radius 1 is 1.00 bits per heavy atom. The number of carbonyl (C=O) groups is 1. The molecular formula is C14H11NO6. The summed E-state index contributed by atoms with van der Waals surface area (Å²) < 4.78 is 10.5. The molecule has 0 aliphatic heterocycles. The first-order valence-corrected chi connectivity index (χ1v) is 5.91. The SMILES string of the molecule is O=C(O)COc1ccc(Oc2ccc([N+](=O)[O-])cc2)cc1. The van der Waals surface area contributed by atoms with Crippen molar-refractivity contribution in [3.05, 3.63) is 58.6 Å². The molecule has 0 saturated carbocycles. The van der Waals surface area contributed by atoms with Gasteiger partial charge in [-0.1, -0.05) is 0 Å². The van der Waals surface area contributed by atoms with Crippen LogP contribution in [0.25, 0.3) is 0 Å². The number of benzene rings is 2. The van der Waals surface area contributed by atoms with E-state index in [4.69, 9.17) is 14.6 Å². The highest BCUT2D eigenvalue weighted by Gasteiger charge is 2.05. The van der Waals surface area contributed by atoms with Crippen molar-refractivity contribution in [2.45, 2.75) is 0 Å². The largest absolute Gasteiger partial charge is 0.482 e. The van der Waals surface area contributed by atoms with Crippen LogP contribution in [0.2, 0.25) is 0 Å². The van der Waals surface area contributed by atoms with Crippen LogP contribution in [-0.2, 0) is 4.79 Å². The van der Waals surface area contributed by atoms with E-state index >= 15 is 0 Å². The first-order chi connectivity index (χ1) is 10.0. The number of aliphatic carboxylic acids is 1. The van der Waals surface area contributed by atoms with Gasteiger partial charge in [0.15, 0.2) is 6.61 Å². The van der Waals surface area contributed by atoms with Gasteiger partial charge in [0.25, 0.3) is 5.69 Å². The van der Waals surface area contributed by atoms with E-state index in [1.807, 2.05) is 0 Å². The van der Waals surface area contributed by atoms with E-state index in [1.165, 1.54) is 24.3 Å². The van der Waals surface area contributed by atoms with E-state index in [-0.39, 0.29) is 5.69 Å². The molecule has 7 heteroatoms. The number of nitro groups is 1. The molecule has 0 aliphatic carbocycles. The molecule has 2 aromatic rings. The average molecular weight is 289 g/mol. The lowest BCUT2D eigenvalue weighted by atomic mass is 10.3. The number of hydrogen-bond donors (Lipinski definition) is 1. The van der Waals surface area contributed by atoms with Gasteiger partial charge in [0.2, 0.25) is 0 Å². The quantitative estimate of drug-likeness (QED) is 0.648. The summed E-state index contributed by atoms with van der Waals surface area (Å²) in [7, 11) is 0. The Bertz CT molecular complexity index is 636. The van der Waals surface area contributed by atoms with E-state index in [2.05, 4.69) is 0 Å². The average Bonchev–Trinajstić information content (AvgIpc) is 2.47. The zero-order valence-electron chi connectivity index (χ0n) is 10.8. The lowest BCUT2D eigenvalue weighted by Crippen LogP contribution is -2.09. The minimum Gasteiger partial charge on any atom is -0.482 e. The van der Waals surface area contributed by atoms with Crippen LogP contribution in [0.1, 0.15) is 0 Å². The second-order valence-electron chi connectivity index (χ2n) is 4.01. The molecule has 0 saturated heterocycles. The maximum atomic E-state index is 10.5. The molecule has 0 unspecified atom stereocenters. The van der Waals surface area contributed by atoms with Crippen LogP contribution in [0.3, 0.4) is 0 Å². The third kappa shape index (κ3) is 4.20. The number of non-ortho nitro benzene ring substituents is 1. The molecule has 2 aromatic carbocycles. The number of hydrogen-bond acceptors (Lipinski definition) is 5. The summed E-state index contributed by atoms with van der Waals surface area (Å²) in [4.78, 5) is 20.4. The van der Waals surface area contributed by atoms with Gasteiger partial charge in [-0.3, -0.25) is 10.1 Å². The van der Waals surface area contributed by atoms with Crippen LogP contribution in [0, 0.1) is 10.1 Å². The fraction of sp³-hybridized carbons (Fsp3) is 0.0714. The number of nitrogens with zero attached hydrogens (tertiary/aromatic N) is 1. The smallest absolute Gasteiger partial charge is 0.341 e. The highest BCUT2D eigenvalue weighted by Crippen LogP contribution is 2.25. The topological polar surface area (TPSA) is 98.9 Å². The summed E-state index contributed by atoms with van der Waals surface area (Å²) in [6.07, 6.45) is 0. The van der Waals surface area contributed by atoms with Crippen molar-refractivity contribution >= 4 is 11.7 Å². The molecule has 0 fully saturated rings. The van der Waals surface area contributed by atoms with Gasteiger partial charge in [-0.25, -0.2) is 4.79 Å². The van der Waals surface area contributed by atoms with Gasteiger partial charge in [-0.05, 0) is 36.4 Å². The maximum Gasteiger partial charge on any atom is 0.341 e. The van der Waals surface area contributed by atoms with Crippen molar-refractivity contribution in [1.82, 2.24) is 0 Å². The summed E-state index contributed by atoms with van der Waals surface area (Å²) in [6.45, 7) is -0.414. The van der Waals surface area contributed by atoms with Gasteiger partial charge < -0.3 is 14.6 Å². The standard InChI is InChI=1S/C14H11NO6/c16-14(17)9-20-11-5-7-13(8-6-11)21-12-3-1-10(2-4-12)15(18)19/h1-8H,9H2,(H,16,17). The molecule has 0 amide bonds. The van der Waals surface area contributed by atoms with Crippen molar-refractivity contribution in [3.63, 3.8) is 0 Å². The Balaban J connectivity index is 1.99. The van der Waals surface area contributed by atoms with Crippen LogP contribution >= 0.6 is 0 Å². The number of ether oxygens (including phenoxy) is 2. The molecule has 2 rings (SSSR count). The Morgan fingerprint density at radius 2 is 1.48 bits per heavy atom. The predicted octanol–water partition coefficient (Wildman–Crippen LogP) is 2.85. The molecule has 0 radical (unpaired) electrons. The number of carboxylic acid groups (broad SMARTS) is 1. The zero-order valence-corrected chi connectivity index (χ0v) is 10.8. The highest BCUT2D eigenvalue weighted by atomic mass is 16.6. The number of carboxylic acids is 1. The molecule has 1 N–H and O–H groups in total. The Kier molecular flexibility index (Phi) is 4.35. The minimum atomic E-state index is -1.05. The van der Waals surface area contributed by atoms with Gasteiger partial charge >= 0.3 is 5.97 Å². The van der Waals surface area contributed by atoms with E-state index < -0.39 is 17.5 Å². The van der Waals surface area contributed by atoms with Gasteiger partial charge in [0, 0.05) is 12.1 Å². The van der Waals surface area contributed by atoms with E-state index in [9.17, 15) is 14.9 Å². The van der Waals surface area contributed by atoms with Crippen LogP contribution < -0.4 is 9.47 Å². The number of rotatable bonds is 6. The van der Waals surface area contributed by atoms with E-state index in [0.717, 1.165) is 0 Å². The summed E-state index contributed by atoms with van der Waals surface area (Å²) in [5.74, 6) is 0.320. The van der Waals surface area contributed by atoms with Crippen LogP contribution in [-0.4, -0.2) is 22.6 Å². The van der Waals surface area contributed by atoms with Crippen molar-refractivity contribution in [3.8, 4) is 17.2 Å². The zero-order chi connectivity index (χ0) is 15.2. The third-order valence-corrected chi connectivity index (χ3v) is 2.47. The van der Waals surface area contributed by atoms with E-state index in [1.54, 1.807) is 24.3 Å². The Labute approximate surface area is 119 Å². The van der Waals surface area contributed by atoms with Gasteiger partial charge in [-0.2, -0.15) is 0 Å². The fourth-order valence-electron chi connectivity index (χ4n) is 1.52. The molecule has 0 aromatic heterocycles. The Morgan fingerprint density at radius 3 is 1.95 bits per heavy atom. The molecule has 21 heavy (non-hydrogen) atoms. The second-order valence-corrected chi connectivity index (χ2v) is 4.01. The minimum absolute atomic E-state index is 0.0141. The molecular weight excluding hydrogens is 278 g/mol. The third-order valence-electron chi connectivity index (χ3n) is 2.47. The maximum absolute atomic E-state index is 10.5. The first kappa shape index (κ1) is 14.3. The van der Waals surface area contributed by atoms with Crippen LogP contribution in [0.15, 0.2) is 48.5 Å². The van der Waals surface area contributed by atoms with Crippen molar-refractivity contribution < 1.29 is 24.3 Å². The Hall–Kier alpha value is -3.09. The van der Waals surface area contributed by atoms with Gasteiger partial charge in [0.05, 0.1) is 4.92 Å². The van der Waals surface area contributed by atoms with Gasteiger partial charge in [-0.15, -0.1) is 0 Å². The summed E-state index contributed by atoms with van der Waals surface area (Å²) >= 11 is 0.